The first-order valence-corrected chi connectivity index (χ1v) is 11.5. The van der Waals surface area contributed by atoms with E-state index in [0.717, 1.165) is 34.4 Å². The molecule has 8 nitrogen and oxygen atoms in total. The number of hydrogen-bond donors (Lipinski definition) is 1. The van der Waals surface area contributed by atoms with Gasteiger partial charge < -0.3 is 10.5 Å². The van der Waals surface area contributed by atoms with Gasteiger partial charge >= 0.3 is 5.97 Å². The predicted molar refractivity (Wildman–Crippen MR) is 120 cm³/mol. The molecule has 1 aliphatic carbocycles. The van der Waals surface area contributed by atoms with E-state index in [1.54, 1.807) is 23.5 Å². The van der Waals surface area contributed by atoms with Crippen molar-refractivity contribution in [2.75, 3.05) is 10.6 Å². The van der Waals surface area contributed by atoms with Crippen LogP contribution in [0.3, 0.4) is 0 Å². The molecule has 1 saturated heterocycles. The van der Waals surface area contributed by atoms with Crippen LogP contribution in [-0.2, 0) is 33.8 Å². The number of hydrogen-bond acceptors (Lipinski definition) is 8. The summed E-state index contributed by atoms with van der Waals surface area (Å²) < 4.78 is 5.39. The Balaban J connectivity index is 1.29. The number of benzene rings is 1. The highest BCUT2D eigenvalue weighted by molar-refractivity contribution is 7.19. The fourth-order valence-electron chi connectivity index (χ4n) is 4.30. The van der Waals surface area contributed by atoms with Crippen LogP contribution in [0.4, 0.5) is 11.5 Å². The average Bonchev–Trinajstić information content (AvgIpc) is 3.21. The van der Waals surface area contributed by atoms with Crippen molar-refractivity contribution in [1.82, 2.24) is 9.97 Å². The maximum absolute atomic E-state index is 12.5. The minimum atomic E-state index is -0.542. The van der Waals surface area contributed by atoms with Gasteiger partial charge in [0.25, 0.3) is 0 Å². The molecule has 1 aliphatic heterocycles. The molecule has 1 fully saturated rings. The minimum absolute atomic E-state index is 0.0909. The maximum atomic E-state index is 12.5. The highest BCUT2D eigenvalue weighted by Crippen LogP contribution is 2.37. The highest BCUT2D eigenvalue weighted by Gasteiger charge is 2.30. The Morgan fingerprint density at radius 2 is 1.72 bits per heavy atom. The number of amides is 2. The fraction of sp³-hybridized carbons (Fsp3) is 0.348. The third-order valence-corrected chi connectivity index (χ3v) is 7.07. The minimum Gasteiger partial charge on any atom is -0.454 e. The van der Waals surface area contributed by atoms with Gasteiger partial charge in [0.15, 0.2) is 12.4 Å². The Hall–Kier alpha value is -3.33. The smallest absolute Gasteiger partial charge is 0.338 e. The summed E-state index contributed by atoms with van der Waals surface area (Å²) in [4.78, 5) is 48.5. The van der Waals surface area contributed by atoms with E-state index in [2.05, 4.69) is 9.97 Å². The quantitative estimate of drug-likeness (QED) is 0.367. The molecule has 2 aromatic heterocycles. The predicted octanol–water partition coefficient (Wildman–Crippen LogP) is 3.55. The van der Waals surface area contributed by atoms with Gasteiger partial charge in [0.1, 0.15) is 10.6 Å². The van der Waals surface area contributed by atoms with Gasteiger partial charge in [-0.3, -0.25) is 14.5 Å². The average molecular weight is 451 g/mol. The zero-order valence-electron chi connectivity index (χ0n) is 17.4. The Morgan fingerprint density at radius 1 is 1.00 bits per heavy atom. The summed E-state index contributed by atoms with van der Waals surface area (Å²) in [5, 5.41) is 0.948. The maximum Gasteiger partial charge on any atom is 0.338 e. The van der Waals surface area contributed by atoms with E-state index >= 15 is 0 Å². The lowest BCUT2D eigenvalue weighted by molar-refractivity contribution is -0.121. The number of aryl methyl sites for hydroxylation is 2. The summed E-state index contributed by atoms with van der Waals surface area (Å²) in [5.74, 6) is -0.211. The number of nitrogens with two attached hydrogens (primary N) is 1. The number of nitrogens with zero attached hydrogens (tertiary/aromatic N) is 3. The van der Waals surface area contributed by atoms with Crippen LogP contribution in [0.1, 0.15) is 58.7 Å². The van der Waals surface area contributed by atoms with E-state index in [4.69, 9.17) is 10.5 Å². The second-order valence-corrected chi connectivity index (χ2v) is 9.10. The van der Waals surface area contributed by atoms with E-state index in [1.165, 1.54) is 35.4 Å². The number of nitrogen functional groups attached to an aromatic ring is 1. The van der Waals surface area contributed by atoms with Gasteiger partial charge in [0.2, 0.25) is 11.8 Å². The Morgan fingerprint density at radius 3 is 2.47 bits per heavy atom. The summed E-state index contributed by atoms with van der Waals surface area (Å²) in [6, 6.07) is 6.20. The van der Waals surface area contributed by atoms with E-state index in [-0.39, 0.29) is 31.3 Å². The molecule has 0 bridgehead atoms. The molecule has 3 aromatic rings. The molecule has 0 spiro atoms. The Labute approximate surface area is 188 Å². The van der Waals surface area contributed by atoms with Gasteiger partial charge in [-0.05, 0) is 55.5 Å². The molecular formula is C23H22N4O4S. The van der Waals surface area contributed by atoms with Gasteiger partial charge in [-0.2, -0.15) is 0 Å². The van der Waals surface area contributed by atoms with Gasteiger partial charge in [-0.1, -0.05) is 6.42 Å². The normalized spacial score (nSPS) is 16.3. The van der Waals surface area contributed by atoms with Gasteiger partial charge in [0.05, 0.1) is 16.6 Å². The van der Waals surface area contributed by atoms with Crippen LogP contribution in [-0.4, -0.2) is 27.8 Å². The number of ether oxygens (including phenoxy) is 1. The number of fused-ring (bicyclic) bond motifs is 3. The Bertz CT molecular complexity index is 1220. The molecule has 32 heavy (non-hydrogen) atoms. The third kappa shape index (κ3) is 3.73. The summed E-state index contributed by atoms with van der Waals surface area (Å²) in [5.41, 5.74) is 8.29. The van der Waals surface area contributed by atoms with Crippen molar-refractivity contribution in [3.05, 3.63) is 46.1 Å². The molecule has 1 aromatic carbocycles. The number of esters is 1. The van der Waals surface area contributed by atoms with Crippen LogP contribution >= 0.6 is 11.3 Å². The summed E-state index contributed by atoms with van der Waals surface area (Å²) >= 11 is 1.65. The zero-order valence-corrected chi connectivity index (χ0v) is 18.2. The Kier molecular flexibility index (Phi) is 5.34. The lowest BCUT2D eigenvalue weighted by atomic mass is 10.1. The topological polar surface area (TPSA) is 115 Å². The highest BCUT2D eigenvalue weighted by atomic mass is 32.1. The number of carbonyl (C=O) groups excluding carboxylic acids is 3. The van der Waals surface area contributed by atoms with Crippen LogP contribution < -0.4 is 10.6 Å². The van der Waals surface area contributed by atoms with Crippen molar-refractivity contribution in [3.8, 4) is 0 Å². The number of aromatic nitrogens is 2. The van der Waals surface area contributed by atoms with Crippen LogP contribution in [0.25, 0.3) is 10.2 Å². The molecule has 5 rings (SSSR count). The monoisotopic (exact) mass is 450 g/mol. The first kappa shape index (κ1) is 20.6. The summed E-state index contributed by atoms with van der Waals surface area (Å²) in [6.07, 6.45) is 6.02. The number of thiophene rings is 1. The van der Waals surface area contributed by atoms with E-state index < -0.39 is 5.97 Å². The molecule has 0 radical (unpaired) electrons. The molecule has 9 heteroatoms. The van der Waals surface area contributed by atoms with Crippen LogP contribution in [0.15, 0.2) is 24.3 Å². The molecule has 2 N–H and O–H groups in total. The number of imide groups is 1. The molecule has 2 amide bonds. The van der Waals surface area contributed by atoms with Crippen molar-refractivity contribution in [2.24, 2.45) is 0 Å². The van der Waals surface area contributed by atoms with Crippen LogP contribution in [0.2, 0.25) is 0 Å². The molecule has 0 unspecified atom stereocenters. The van der Waals surface area contributed by atoms with Crippen molar-refractivity contribution in [1.29, 1.82) is 0 Å². The second-order valence-electron chi connectivity index (χ2n) is 8.02. The molecular weight excluding hydrogens is 428 g/mol. The zero-order chi connectivity index (χ0) is 22.2. The van der Waals surface area contributed by atoms with E-state index in [0.29, 0.717) is 22.9 Å². The fourth-order valence-corrected chi connectivity index (χ4v) is 5.59. The van der Waals surface area contributed by atoms with Crippen molar-refractivity contribution < 1.29 is 19.1 Å². The molecule has 0 atom stereocenters. The molecule has 3 heterocycles. The number of anilines is 2. The first-order valence-electron chi connectivity index (χ1n) is 10.7. The number of carbonyl (C=O) groups is 3. The molecule has 2 aliphatic rings. The van der Waals surface area contributed by atoms with Crippen LogP contribution in [0, 0.1) is 0 Å². The third-order valence-electron chi connectivity index (χ3n) is 5.88. The first-order chi connectivity index (χ1) is 15.5. The summed E-state index contributed by atoms with van der Waals surface area (Å²) in [6.45, 7) is -0.0909. The second kappa shape index (κ2) is 8.31. The van der Waals surface area contributed by atoms with E-state index in [1.807, 2.05) is 0 Å². The largest absolute Gasteiger partial charge is 0.454 e. The molecule has 164 valence electrons. The SMILES string of the molecule is Nc1nc(COC(=O)c2ccc(N3C(=O)CCC3=O)cc2)nc2sc3c(c12)CCCCC3. The lowest BCUT2D eigenvalue weighted by Gasteiger charge is -2.14. The van der Waals surface area contributed by atoms with Crippen LogP contribution in [0.5, 0.6) is 0 Å². The van der Waals surface area contributed by atoms with Crippen molar-refractivity contribution in [3.63, 3.8) is 0 Å². The van der Waals surface area contributed by atoms with Gasteiger partial charge in [0, 0.05) is 17.7 Å². The van der Waals surface area contributed by atoms with Gasteiger partial charge in [-0.25, -0.2) is 14.8 Å². The standard InChI is InChI=1S/C23H22N4O4S/c24-21-20-15-4-2-1-3-5-16(15)32-22(20)26-17(25-21)12-31-23(30)13-6-8-14(9-7-13)27-18(28)10-11-19(27)29/h6-9H,1-5,10-12H2,(H2,24,25,26). The summed E-state index contributed by atoms with van der Waals surface area (Å²) in [7, 11) is 0. The van der Waals surface area contributed by atoms with Crippen molar-refractivity contribution >= 4 is 50.8 Å². The van der Waals surface area contributed by atoms with Gasteiger partial charge in [-0.15, -0.1) is 11.3 Å². The molecule has 0 saturated carbocycles. The van der Waals surface area contributed by atoms with E-state index in [9.17, 15) is 14.4 Å². The number of rotatable bonds is 4. The lowest BCUT2D eigenvalue weighted by Crippen LogP contribution is -2.28. The van der Waals surface area contributed by atoms with Crippen molar-refractivity contribution in [2.45, 2.75) is 51.6 Å².